The molecule has 1 heterocycles. The third kappa shape index (κ3) is 4.94. The minimum atomic E-state index is -4.04. The van der Waals surface area contributed by atoms with Crippen LogP contribution in [0.3, 0.4) is 0 Å². The summed E-state index contributed by atoms with van der Waals surface area (Å²) in [5.74, 6) is 0. The van der Waals surface area contributed by atoms with Crippen LogP contribution >= 0.6 is 0 Å². The highest BCUT2D eigenvalue weighted by molar-refractivity contribution is 6.22. The summed E-state index contributed by atoms with van der Waals surface area (Å²) >= 11 is 0. The van der Waals surface area contributed by atoms with Gasteiger partial charge < -0.3 is 9.32 Å². The molecule has 0 bridgehead atoms. The third-order valence-electron chi connectivity index (χ3n) is 11.1. The zero-order valence-corrected chi connectivity index (χ0v) is 30.9. The van der Waals surface area contributed by atoms with Crippen molar-refractivity contribution in [2.75, 3.05) is 4.90 Å². The second kappa shape index (κ2) is 12.7. The molecule has 0 amide bonds. The highest BCUT2D eigenvalue weighted by atomic mass is 16.3. The predicted octanol–water partition coefficient (Wildman–Crippen LogP) is 16.2. The first-order valence-electron chi connectivity index (χ1n) is 33.6. The van der Waals surface area contributed by atoms with Gasteiger partial charge >= 0.3 is 0 Å². The molecule has 2 heteroatoms. The highest BCUT2D eigenvalue weighted by Crippen LogP contribution is 2.53. The summed E-state index contributed by atoms with van der Waals surface area (Å²) in [7, 11) is 0. The monoisotopic (exact) mass is 800 g/mol. The molecule has 2 aliphatic rings. The molecule has 1 aromatic heterocycles. The van der Waals surface area contributed by atoms with Crippen LogP contribution in [0.15, 0.2) is 192 Å². The van der Waals surface area contributed by atoms with Crippen LogP contribution in [0.25, 0.3) is 77.2 Å². The van der Waals surface area contributed by atoms with Crippen molar-refractivity contribution in [3.8, 4) is 44.5 Å². The standard InChI is InChI=1S/C58H43NO/c1-57(2)50-22-12-10-18-43(50)45-31-29-39(33-52(45)57)59(40-30-32-46-44-19-11-13-23-51(44)58(3,4)53(46)34-40)38-27-25-37(26-28-38)48-35-49-55-41(36-15-6-5-7-16-36)21-14-24-54(55)60-56(49)47-20-9-8-17-42(47)48/h5-35H,1-4H3/i1D3,2D3,3D3,4D3,10D,11D,12D,13D,18D,19D,22D,23D,25D,26D,27D,28D,29D,30D,31D,32D,33D,34D. The number of furan rings is 1. The van der Waals surface area contributed by atoms with E-state index in [4.69, 9.17) is 31.8 Å². The second-order valence-corrected chi connectivity index (χ2v) is 14.5. The fourth-order valence-corrected chi connectivity index (χ4v) is 8.37. The largest absolute Gasteiger partial charge is 0.455 e. The second-order valence-electron chi connectivity index (χ2n) is 14.5. The van der Waals surface area contributed by atoms with Crippen molar-refractivity contribution in [3.63, 3.8) is 0 Å². The van der Waals surface area contributed by atoms with Gasteiger partial charge in [-0.25, -0.2) is 0 Å². The maximum absolute atomic E-state index is 10.3. The van der Waals surface area contributed by atoms with E-state index in [1.54, 1.807) is 42.5 Å². The fourth-order valence-electron chi connectivity index (χ4n) is 8.37. The van der Waals surface area contributed by atoms with E-state index in [9.17, 15) is 13.7 Å². The molecule has 0 atom stereocenters. The van der Waals surface area contributed by atoms with Gasteiger partial charge in [0.05, 0.1) is 24.7 Å². The minimum Gasteiger partial charge on any atom is -0.455 e. The van der Waals surface area contributed by atoms with Crippen LogP contribution < -0.4 is 4.90 Å². The van der Waals surface area contributed by atoms with Gasteiger partial charge in [0.2, 0.25) is 0 Å². The first-order chi connectivity index (χ1) is 41.8. The van der Waals surface area contributed by atoms with Gasteiger partial charge in [-0.05, 0) is 121 Å². The Balaban J connectivity index is 1.29. The molecule has 286 valence electrons. The molecule has 2 aliphatic carbocycles. The maximum Gasteiger partial charge on any atom is 0.143 e. The number of hydrogen-bond acceptors (Lipinski definition) is 2. The molecule has 9 aromatic carbocycles. The molecule has 0 unspecified atom stereocenters. The van der Waals surface area contributed by atoms with Crippen molar-refractivity contribution in [1.29, 1.82) is 0 Å². The van der Waals surface area contributed by atoms with Gasteiger partial charge in [-0.2, -0.15) is 0 Å². The van der Waals surface area contributed by atoms with Crippen molar-refractivity contribution in [1.82, 2.24) is 0 Å². The van der Waals surface area contributed by atoms with E-state index in [1.807, 2.05) is 36.4 Å². The number of benzene rings is 9. The van der Waals surface area contributed by atoms with Crippen molar-refractivity contribution >= 4 is 49.8 Å². The molecule has 2 nitrogen and oxygen atoms in total. The summed E-state index contributed by atoms with van der Waals surface area (Å²) in [6.45, 7) is -16.1. The molecule has 0 radical (unpaired) electrons. The average Bonchev–Trinajstić information content (AvgIpc) is 1.49. The number of hydrogen-bond donors (Lipinski definition) is 0. The van der Waals surface area contributed by atoms with E-state index >= 15 is 0 Å². The number of fused-ring (bicyclic) bond motifs is 11. The molecular weight excluding hydrogens is 727 g/mol. The van der Waals surface area contributed by atoms with E-state index in [2.05, 4.69) is 0 Å². The highest BCUT2D eigenvalue weighted by Gasteiger charge is 2.37. The Bertz CT molecular complexity index is 4650. The molecule has 0 fully saturated rings. The summed E-state index contributed by atoms with van der Waals surface area (Å²) in [6, 6.07) is 0.694. The Morgan fingerprint density at radius 3 is 1.65 bits per heavy atom. The van der Waals surface area contributed by atoms with Crippen LogP contribution in [-0.2, 0) is 10.8 Å². The molecule has 0 spiro atoms. The molecule has 0 aliphatic heterocycles. The van der Waals surface area contributed by atoms with Crippen LogP contribution in [0.1, 0.15) is 90.8 Å². The summed E-state index contributed by atoms with van der Waals surface area (Å²) in [6.07, 6.45) is 0. The van der Waals surface area contributed by atoms with Crippen LogP contribution in [0.2, 0.25) is 0 Å². The molecular formula is C58H43NO. The minimum absolute atomic E-state index is 0.0380. The molecule has 10 aromatic rings. The smallest absolute Gasteiger partial charge is 0.143 e. The van der Waals surface area contributed by atoms with Crippen molar-refractivity contribution in [2.45, 2.75) is 38.2 Å². The Kier molecular flexibility index (Phi) is 3.41. The van der Waals surface area contributed by atoms with E-state index in [1.165, 1.54) is 0 Å². The average molecular weight is 800 g/mol. The summed E-state index contributed by atoms with van der Waals surface area (Å²) in [4.78, 5) is 0.219. The first-order valence-corrected chi connectivity index (χ1v) is 18.6. The number of rotatable bonds is 5. The summed E-state index contributed by atoms with van der Waals surface area (Å²) < 4.78 is 286. The normalized spacial score (nSPS) is 22.3. The van der Waals surface area contributed by atoms with E-state index in [-0.39, 0.29) is 10.5 Å². The maximum atomic E-state index is 10.3. The Morgan fingerprint density at radius 1 is 0.450 bits per heavy atom. The quantitative estimate of drug-likeness (QED) is 0.172. The van der Waals surface area contributed by atoms with Gasteiger partial charge in [0.25, 0.3) is 0 Å². The van der Waals surface area contributed by atoms with Crippen LogP contribution in [0.4, 0.5) is 17.1 Å². The van der Waals surface area contributed by atoms with Crippen molar-refractivity contribution in [2.24, 2.45) is 0 Å². The van der Waals surface area contributed by atoms with Gasteiger partial charge in [0, 0.05) is 60.5 Å². The Hall–Kier alpha value is -7.16. The van der Waals surface area contributed by atoms with E-state index < -0.39 is 214 Å². The third-order valence-corrected chi connectivity index (χ3v) is 11.1. The van der Waals surface area contributed by atoms with Crippen molar-refractivity contribution in [3.05, 3.63) is 210 Å². The Morgan fingerprint density at radius 2 is 1.02 bits per heavy atom. The number of anilines is 3. The molecule has 0 N–H and O–H groups in total. The lowest BCUT2D eigenvalue weighted by Crippen LogP contribution is -2.18. The SMILES string of the molecule is [2H]c1c([2H])c([2H])c2c(c1[2H])-c1c([2H])c([2H])c(N(c3c([2H])c([2H])c(-c4cc5c(oc6cccc(-c7ccccc7)c65)c5ccccc45)c([2H])c3[2H])c3c([2H])c([2H])c4c(c3[2H])C(C([2H])([2H])[2H])(C([2H])([2H])[2H])c3c([2H])c([2H])c([2H])c([2H])c3-4)c([2H])c1C2(C([2H])([2H])[2H])C([2H])([2H])[2H]. The van der Waals surface area contributed by atoms with E-state index in [0.717, 1.165) is 5.56 Å². The summed E-state index contributed by atoms with van der Waals surface area (Å²) in [5, 5.41) is 1.73. The zero-order valence-electron chi connectivity index (χ0n) is 60.9. The lowest BCUT2D eigenvalue weighted by Gasteiger charge is -2.30. The van der Waals surface area contributed by atoms with Gasteiger partial charge in [0.1, 0.15) is 11.2 Å². The molecule has 0 saturated carbocycles. The fraction of sp³-hybridized carbons (Fsp3) is 0.103. The lowest BCUT2D eigenvalue weighted by atomic mass is 9.82. The lowest BCUT2D eigenvalue weighted by molar-refractivity contribution is 0.660. The molecule has 60 heavy (non-hydrogen) atoms. The topological polar surface area (TPSA) is 16.4 Å². The van der Waals surface area contributed by atoms with Gasteiger partial charge in [-0.3, -0.25) is 0 Å². The zero-order chi connectivity index (χ0) is 66.0. The molecule has 12 rings (SSSR count). The van der Waals surface area contributed by atoms with Gasteiger partial charge in [-0.1, -0.05) is 167 Å². The number of nitrogens with zero attached hydrogens (tertiary/aromatic N) is 1. The van der Waals surface area contributed by atoms with Gasteiger partial charge in [-0.15, -0.1) is 0 Å². The van der Waals surface area contributed by atoms with Crippen LogP contribution in [-0.4, -0.2) is 0 Å². The van der Waals surface area contributed by atoms with Crippen molar-refractivity contribution < 1.29 is 45.5 Å². The first kappa shape index (κ1) is 16.1. The predicted molar refractivity (Wildman–Crippen MR) is 252 cm³/mol. The Labute approximate surface area is 393 Å². The van der Waals surface area contributed by atoms with Gasteiger partial charge in [0.15, 0.2) is 0 Å². The van der Waals surface area contributed by atoms with E-state index in [0.29, 0.717) is 38.3 Å². The van der Waals surface area contributed by atoms with Crippen LogP contribution in [0.5, 0.6) is 0 Å². The molecule has 0 saturated heterocycles. The summed E-state index contributed by atoms with van der Waals surface area (Å²) in [5.41, 5.74) is -18.6. The van der Waals surface area contributed by atoms with Crippen LogP contribution in [0, 0.1) is 0 Å².